The maximum atomic E-state index is 12.2. The molecule has 0 aliphatic rings. The summed E-state index contributed by atoms with van der Waals surface area (Å²) < 4.78 is 10.5. The van der Waals surface area contributed by atoms with Gasteiger partial charge in [0.15, 0.2) is 6.10 Å². The second-order valence-corrected chi connectivity index (χ2v) is 13.2. The summed E-state index contributed by atoms with van der Waals surface area (Å²) in [6.45, 7) is 3.90. The topological polar surface area (TPSA) is 93.1 Å². The predicted octanol–water partition coefficient (Wildman–Crippen LogP) is 11.4. The smallest absolute Gasteiger partial charge is 0.306 e. The van der Waals surface area contributed by atoms with Crippen LogP contribution in [-0.2, 0) is 19.1 Å². The first-order valence-corrected chi connectivity index (χ1v) is 20.0. The number of hydrogen-bond acceptors (Lipinski definition) is 6. The first-order chi connectivity index (χ1) is 24.0. The van der Waals surface area contributed by atoms with Crippen molar-refractivity contribution in [1.82, 2.24) is 0 Å². The van der Waals surface area contributed by atoms with E-state index in [1.807, 2.05) is 36.5 Å². The Kier molecular flexibility index (Phi) is 36.5. The molecule has 0 radical (unpaired) electrons. The van der Waals surface area contributed by atoms with E-state index in [1.165, 1.54) is 89.9 Å². The van der Waals surface area contributed by atoms with Crippen LogP contribution in [0.25, 0.3) is 0 Å². The third-order valence-electron chi connectivity index (χ3n) is 8.41. The Labute approximate surface area is 301 Å². The van der Waals surface area contributed by atoms with Crippen molar-refractivity contribution in [2.75, 3.05) is 13.2 Å². The van der Waals surface area contributed by atoms with Crippen molar-refractivity contribution in [1.29, 1.82) is 0 Å². The van der Waals surface area contributed by atoms with Crippen LogP contribution >= 0.6 is 0 Å². The number of unbranched alkanes of at least 4 members (excludes halogenated alkanes) is 17. The number of aliphatic hydroxyl groups excluding tert-OH is 2. The maximum absolute atomic E-state index is 12.2. The van der Waals surface area contributed by atoms with Gasteiger partial charge in [-0.3, -0.25) is 9.59 Å². The van der Waals surface area contributed by atoms with E-state index in [-0.39, 0.29) is 31.6 Å². The molecule has 49 heavy (non-hydrogen) atoms. The Bertz CT molecular complexity index is 887. The Morgan fingerprint density at radius 2 is 1.12 bits per heavy atom. The Morgan fingerprint density at radius 3 is 1.71 bits per heavy atom. The minimum absolute atomic E-state index is 0.116. The van der Waals surface area contributed by atoms with E-state index in [9.17, 15) is 19.8 Å². The van der Waals surface area contributed by atoms with Crippen LogP contribution in [0.5, 0.6) is 0 Å². The van der Waals surface area contributed by atoms with E-state index in [0.29, 0.717) is 19.3 Å². The first-order valence-electron chi connectivity index (χ1n) is 20.0. The van der Waals surface area contributed by atoms with E-state index < -0.39 is 12.2 Å². The van der Waals surface area contributed by atoms with Gasteiger partial charge in [0.1, 0.15) is 6.61 Å². The summed E-state index contributed by atoms with van der Waals surface area (Å²) in [5.41, 5.74) is 0. The molecule has 0 spiro atoms. The molecule has 0 aromatic heterocycles. The van der Waals surface area contributed by atoms with Gasteiger partial charge in [-0.1, -0.05) is 177 Å². The van der Waals surface area contributed by atoms with Crippen molar-refractivity contribution in [2.24, 2.45) is 0 Å². The predicted molar refractivity (Wildman–Crippen MR) is 206 cm³/mol. The van der Waals surface area contributed by atoms with Crippen molar-refractivity contribution < 1.29 is 29.3 Å². The molecule has 1 unspecified atom stereocenters. The average molecular weight is 687 g/mol. The molecule has 6 heteroatoms. The minimum Gasteiger partial charge on any atom is -0.462 e. The lowest BCUT2D eigenvalue weighted by molar-refractivity contribution is -0.161. The van der Waals surface area contributed by atoms with Gasteiger partial charge in [-0.05, 0) is 44.9 Å². The lowest BCUT2D eigenvalue weighted by Crippen LogP contribution is -2.28. The fraction of sp³-hybridized carbons (Fsp3) is 0.721. The van der Waals surface area contributed by atoms with E-state index in [0.717, 1.165) is 44.9 Å². The molecular formula is C43H74O6. The van der Waals surface area contributed by atoms with Crippen LogP contribution in [-0.4, -0.2) is 47.6 Å². The minimum atomic E-state index is -0.812. The molecule has 2 N–H and O–H groups in total. The van der Waals surface area contributed by atoms with Crippen molar-refractivity contribution in [2.45, 2.75) is 187 Å². The van der Waals surface area contributed by atoms with E-state index in [1.54, 1.807) is 6.08 Å². The second-order valence-electron chi connectivity index (χ2n) is 13.2. The summed E-state index contributed by atoms with van der Waals surface area (Å²) in [5.74, 6) is -0.697. The molecule has 0 aliphatic carbocycles. The highest BCUT2D eigenvalue weighted by molar-refractivity contribution is 5.70. The Morgan fingerprint density at radius 1 is 0.592 bits per heavy atom. The number of esters is 2. The molecular weight excluding hydrogens is 612 g/mol. The van der Waals surface area contributed by atoms with Gasteiger partial charge in [0.2, 0.25) is 0 Å². The largest absolute Gasteiger partial charge is 0.462 e. The van der Waals surface area contributed by atoms with Gasteiger partial charge in [-0.2, -0.15) is 0 Å². The number of hydrogen-bond donors (Lipinski definition) is 2. The molecule has 0 aromatic carbocycles. The van der Waals surface area contributed by atoms with Crippen LogP contribution in [0, 0.1) is 0 Å². The summed E-state index contributed by atoms with van der Waals surface area (Å²) in [7, 11) is 0. The fourth-order valence-corrected chi connectivity index (χ4v) is 5.38. The van der Waals surface area contributed by atoms with Gasteiger partial charge in [0, 0.05) is 12.8 Å². The van der Waals surface area contributed by atoms with Crippen LogP contribution in [0.4, 0.5) is 0 Å². The number of rotatable bonds is 35. The molecule has 6 nitrogen and oxygen atoms in total. The van der Waals surface area contributed by atoms with Crippen LogP contribution in [0.3, 0.4) is 0 Å². The van der Waals surface area contributed by atoms with Gasteiger partial charge < -0.3 is 19.7 Å². The molecule has 0 heterocycles. The van der Waals surface area contributed by atoms with Crippen LogP contribution in [0.15, 0.2) is 60.8 Å². The number of allylic oxidation sites excluding steroid dienone is 8. The first kappa shape index (κ1) is 46.6. The second kappa shape index (κ2) is 38.4. The number of carbonyl (C=O) groups excluding carboxylic acids is 2. The lowest BCUT2D eigenvalue weighted by atomic mass is 10.0. The SMILES string of the molecule is CC/C=C\C/C=C\CC(O)/C=C/C=C\C/C=C\CCCC(=O)OC[C@H](CO)OC(=O)CCCCCCCCCCCCCCCCCCC. The molecule has 0 aliphatic heterocycles. The zero-order valence-corrected chi connectivity index (χ0v) is 31.5. The van der Waals surface area contributed by atoms with Gasteiger partial charge in [0.05, 0.1) is 12.7 Å². The normalized spacial score (nSPS) is 13.5. The van der Waals surface area contributed by atoms with E-state index >= 15 is 0 Å². The molecule has 282 valence electrons. The van der Waals surface area contributed by atoms with Gasteiger partial charge in [-0.25, -0.2) is 0 Å². The highest BCUT2D eigenvalue weighted by Crippen LogP contribution is 2.15. The standard InChI is InChI=1S/C43H74O6/c1-3-5-7-9-11-12-13-14-15-16-17-18-19-20-25-29-33-37-43(47)49-41(38-44)39-48-42(46)36-32-28-24-22-21-23-27-31-35-40(45)34-30-26-10-8-6-4-2/h6,8,22-24,26-27,30-31,35,40-41,44-45H,3-5,7,9-21,25,28-29,32-34,36-39H2,1-2H3/b8-6-,24-22-,27-23-,30-26-,35-31+/t40?,41-/m0/s1. The molecule has 0 bridgehead atoms. The van der Waals surface area contributed by atoms with E-state index in [4.69, 9.17) is 9.47 Å². The molecule has 2 atom stereocenters. The van der Waals surface area contributed by atoms with Crippen molar-refractivity contribution in [3.05, 3.63) is 60.8 Å². The van der Waals surface area contributed by atoms with Crippen LogP contribution in [0.1, 0.15) is 174 Å². The molecule has 0 rings (SSSR count). The summed E-state index contributed by atoms with van der Waals surface area (Å²) in [6.07, 6.45) is 46.0. The van der Waals surface area contributed by atoms with Crippen molar-refractivity contribution >= 4 is 11.9 Å². The van der Waals surface area contributed by atoms with Gasteiger partial charge >= 0.3 is 11.9 Å². The quantitative estimate of drug-likeness (QED) is 0.0298. The summed E-state index contributed by atoms with van der Waals surface area (Å²) in [6, 6.07) is 0. The molecule has 0 saturated heterocycles. The average Bonchev–Trinajstić information content (AvgIpc) is 3.10. The lowest BCUT2D eigenvalue weighted by Gasteiger charge is -2.15. The molecule has 0 fully saturated rings. The molecule has 0 aromatic rings. The zero-order chi connectivity index (χ0) is 35.9. The van der Waals surface area contributed by atoms with Crippen molar-refractivity contribution in [3.8, 4) is 0 Å². The summed E-state index contributed by atoms with van der Waals surface area (Å²) in [4.78, 5) is 24.2. The Hall–Kier alpha value is -2.44. The van der Waals surface area contributed by atoms with Crippen LogP contribution in [0.2, 0.25) is 0 Å². The summed E-state index contributed by atoms with van der Waals surface area (Å²) in [5, 5.41) is 19.5. The van der Waals surface area contributed by atoms with Crippen molar-refractivity contribution in [3.63, 3.8) is 0 Å². The third kappa shape index (κ3) is 36.7. The number of carbonyl (C=O) groups is 2. The highest BCUT2D eigenvalue weighted by atomic mass is 16.6. The van der Waals surface area contributed by atoms with Gasteiger partial charge in [-0.15, -0.1) is 0 Å². The maximum Gasteiger partial charge on any atom is 0.306 e. The molecule has 0 saturated carbocycles. The number of ether oxygens (including phenoxy) is 2. The fourth-order valence-electron chi connectivity index (χ4n) is 5.38. The monoisotopic (exact) mass is 687 g/mol. The Balaban J connectivity index is 3.71. The highest BCUT2D eigenvalue weighted by Gasteiger charge is 2.16. The zero-order valence-electron chi connectivity index (χ0n) is 31.5. The van der Waals surface area contributed by atoms with Crippen LogP contribution < -0.4 is 0 Å². The van der Waals surface area contributed by atoms with E-state index in [2.05, 4.69) is 32.1 Å². The summed E-state index contributed by atoms with van der Waals surface area (Å²) >= 11 is 0. The van der Waals surface area contributed by atoms with Gasteiger partial charge in [0.25, 0.3) is 0 Å². The number of aliphatic hydroxyl groups is 2. The third-order valence-corrected chi connectivity index (χ3v) is 8.41. The molecule has 0 amide bonds.